The van der Waals surface area contributed by atoms with Gasteiger partial charge in [-0.05, 0) is 41.7 Å². The smallest absolute Gasteiger partial charge is 0.239 e. The lowest BCUT2D eigenvalue weighted by Gasteiger charge is -2.07. The number of aromatic nitrogens is 1. The molecule has 1 aromatic carbocycles. The first-order chi connectivity index (χ1) is 11.9. The van der Waals surface area contributed by atoms with Gasteiger partial charge < -0.3 is 4.74 Å². The molecule has 0 radical (unpaired) electrons. The van der Waals surface area contributed by atoms with E-state index in [2.05, 4.69) is 9.71 Å². The van der Waals surface area contributed by atoms with E-state index in [0.29, 0.717) is 17.7 Å². The highest BCUT2D eigenvalue weighted by molar-refractivity contribution is 7.89. The van der Waals surface area contributed by atoms with Crippen molar-refractivity contribution in [3.63, 3.8) is 0 Å². The maximum absolute atomic E-state index is 12.2. The molecular formula is C17H17ClN2O4S. The quantitative estimate of drug-likeness (QED) is 0.778. The molecule has 1 aliphatic carbocycles. The van der Waals surface area contributed by atoms with Gasteiger partial charge in [0.25, 0.3) is 0 Å². The predicted molar refractivity (Wildman–Crippen MR) is 93.9 cm³/mol. The second-order valence-electron chi connectivity index (χ2n) is 5.94. The van der Waals surface area contributed by atoms with Gasteiger partial charge in [-0.15, -0.1) is 0 Å². The van der Waals surface area contributed by atoms with Crippen LogP contribution >= 0.6 is 11.6 Å². The Balaban J connectivity index is 1.61. The zero-order valence-corrected chi connectivity index (χ0v) is 15.0. The molecule has 0 saturated heterocycles. The number of halogens is 1. The van der Waals surface area contributed by atoms with E-state index in [1.54, 1.807) is 13.2 Å². The molecule has 132 valence electrons. The van der Waals surface area contributed by atoms with Crippen molar-refractivity contribution in [3.05, 3.63) is 58.9 Å². The van der Waals surface area contributed by atoms with Crippen LogP contribution in [0.2, 0.25) is 5.15 Å². The van der Waals surface area contributed by atoms with Crippen LogP contribution in [0.25, 0.3) is 0 Å². The summed E-state index contributed by atoms with van der Waals surface area (Å²) in [6.45, 7) is 0. The number of hydrogen-bond acceptors (Lipinski definition) is 5. The molecule has 2 atom stereocenters. The van der Waals surface area contributed by atoms with Crippen LogP contribution in [0.1, 0.15) is 23.5 Å². The SMILES string of the molecule is COc1cccc(C2CC2C(=O)NS(=O)(=O)Cc2ccc(Cl)nc2)c1. The van der Waals surface area contributed by atoms with Gasteiger partial charge in [0.05, 0.1) is 12.9 Å². The first kappa shape index (κ1) is 17.7. The molecule has 1 fully saturated rings. The molecule has 2 unspecified atom stereocenters. The predicted octanol–water partition coefficient (Wildman–Crippen LogP) is 2.49. The normalized spacial score (nSPS) is 19.3. The van der Waals surface area contributed by atoms with E-state index in [0.717, 1.165) is 5.56 Å². The number of benzene rings is 1. The van der Waals surface area contributed by atoms with Crippen molar-refractivity contribution in [1.29, 1.82) is 0 Å². The van der Waals surface area contributed by atoms with Crippen molar-refractivity contribution < 1.29 is 17.9 Å². The van der Waals surface area contributed by atoms with E-state index < -0.39 is 15.9 Å². The molecule has 3 rings (SSSR count). The van der Waals surface area contributed by atoms with E-state index in [4.69, 9.17) is 16.3 Å². The number of rotatable bonds is 6. The maximum Gasteiger partial charge on any atom is 0.239 e. The lowest BCUT2D eigenvalue weighted by molar-refractivity contribution is -0.120. The van der Waals surface area contributed by atoms with E-state index in [-0.39, 0.29) is 22.7 Å². The molecule has 1 saturated carbocycles. The Morgan fingerprint density at radius 2 is 2.16 bits per heavy atom. The molecule has 1 amide bonds. The first-order valence-electron chi connectivity index (χ1n) is 7.66. The Kier molecular flexibility index (Phi) is 4.96. The second kappa shape index (κ2) is 7.01. The fourth-order valence-electron chi connectivity index (χ4n) is 2.70. The highest BCUT2D eigenvalue weighted by Gasteiger charge is 2.45. The molecule has 0 aliphatic heterocycles. The number of nitrogens with zero attached hydrogens (tertiary/aromatic N) is 1. The zero-order valence-electron chi connectivity index (χ0n) is 13.5. The Labute approximate surface area is 151 Å². The van der Waals surface area contributed by atoms with Gasteiger partial charge in [0, 0.05) is 12.1 Å². The highest BCUT2D eigenvalue weighted by Crippen LogP contribution is 2.48. The summed E-state index contributed by atoms with van der Waals surface area (Å²) in [7, 11) is -2.20. The van der Waals surface area contributed by atoms with Crippen LogP contribution in [0.15, 0.2) is 42.6 Å². The van der Waals surface area contributed by atoms with Gasteiger partial charge in [0.2, 0.25) is 15.9 Å². The fourth-order valence-corrected chi connectivity index (χ4v) is 3.95. The van der Waals surface area contributed by atoms with Crippen LogP contribution in [0.5, 0.6) is 5.75 Å². The molecular weight excluding hydrogens is 364 g/mol. The average Bonchev–Trinajstić information content (AvgIpc) is 3.37. The van der Waals surface area contributed by atoms with E-state index in [9.17, 15) is 13.2 Å². The molecule has 1 aromatic heterocycles. The minimum atomic E-state index is -3.78. The molecule has 2 aromatic rings. The number of carbonyl (C=O) groups excluding carboxylic acids is 1. The van der Waals surface area contributed by atoms with Gasteiger partial charge in [0.1, 0.15) is 10.9 Å². The van der Waals surface area contributed by atoms with Crippen LogP contribution in [-0.4, -0.2) is 26.4 Å². The number of sulfonamides is 1. The van der Waals surface area contributed by atoms with Crippen LogP contribution in [0, 0.1) is 5.92 Å². The van der Waals surface area contributed by atoms with Crippen molar-refractivity contribution in [3.8, 4) is 5.75 Å². The monoisotopic (exact) mass is 380 g/mol. The molecule has 0 spiro atoms. The summed E-state index contributed by atoms with van der Waals surface area (Å²) >= 11 is 5.67. The fraction of sp³-hybridized carbons (Fsp3) is 0.294. The molecule has 0 bridgehead atoms. The summed E-state index contributed by atoms with van der Waals surface area (Å²) in [5, 5.41) is 0.282. The summed E-state index contributed by atoms with van der Waals surface area (Å²) in [6.07, 6.45) is 2.00. The number of hydrogen-bond donors (Lipinski definition) is 1. The van der Waals surface area contributed by atoms with Crippen molar-refractivity contribution in [2.45, 2.75) is 18.1 Å². The standard InChI is InChI=1S/C17H17ClN2O4S/c1-24-13-4-2-3-12(7-13)14-8-15(14)17(21)20-25(22,23)10-11-5-6-16(18)19-9-11/h2-7,9,14-15H,8,10H2,1H3,(H,20,21). The molecule has 6 nitrogen and oxygen atoms in total. The number of pyridine rings is 1. The Hall–Kier alpha value is -2.12. The number of methoxy groups -OCH3 is 1. The number of amides is 1. The molecule has 1 aliphatic rings. The minimum absolute atomic E-state index is 0.0162. The van der Waals surface area contributed by atoms with E-state index in [1.807, 2.05) is 24.3 Å². The first-order valence-corrected chi connectivity index (χ1v) is 9.70. The number of carbonyl (C=O) groups is 1. The number of nitrogens with one attached hydrogen (secondary N) is 1. The third-order valence-corrected chi connectivity index (χ3v) is 5.50. The summed E-state index contributed by atoms with van der Waals surface area (Å²) in [4.78, 5) is 16.1. The average molecular weight is 381 g/mol. The third kappa shape index (κ3) is 4.49. The van der Waals surface area contributed by atoms with Gasteiger partial charge >= 0.3 is 0 Å². The largest absolute Gasteiger partial charge is 0.497 e. The summed E-state index contributed by atoms with van der Waals surface area (Å²) in [5.41, 5.74) is 1.43. The van der Waals surface area contributed by atoms with E-state index in [1.165, 1.54) is 12.3 Å². The Bertz CT molecular complexity index is 884. The van der Waals surface area contributed by atoms with Gasteiger partial charge in [0.15, 0.2) is 0 Å². The van der Waals surface area contributed by atoms with Gasteiger partial charge in [-0.1, -0.05) is 29.8 Å². The van der Waals surface area contributed by atoms with Crippen molar-refractivity contribution >= 4 is 27.5 Å². The molecule has 1 heterocycles. The van der Waals surface area contributed by atoms with Crippen molar-refractivity contribution in [2.24, 2.45) is 5.92 Å². The molecule has 1 N–H and O–H groups in total. The molecule has 25 heavy (non-hydrogen) atoms. The lowest BCUT2D eigenvalue weighted by atomic mass is 10.1. The summed E-state index contributed by atoms with van der Waals surface area (Å²) in [6, 6.07) is 10.5. The zero-order chi connectivity index (χ0) is 18.0. The van der Waals surface area contributed by atoms with Crippen LogP contribution in [0.4, 0.5) is 0 Å². The topological polar surface area (TPSA) is 85.4 Å². The van der Waals surface area contributed by atoms with Gasteiger partial charge in [-0.25, -0.2) is 13.4 Å². The van der Waals surface area contributed by atoms with Crippen LogP contribution < -0.4 is 9.46 Å². The lowest BCUT2D eigenvalue weighted by Crippen LogP contribution is -2.33. The van der Waals surface area contributed by atoms with Gasteiger partial charge in [-0.2, -0.15) is 0 Å². The van der Waals surface area contributed by atoms with Crippen LogP contribution in [-0.2, 0) is 20.6 Å². The second-order valence-corrected chi connectivity index (χ2v) is 8.05. The Morgan fingerprint density at radius 3 is 2.84 bits per heavy atom. The van der Waals surface area contributed by atoms with Crippen molar-refractivity contribution in [1.82, 2.24) is 9.71 Å². The van der Waals surface area contributed by atoms with Gasteiger partial charge in [-0.3, -0.25) is 9.52 Å². The highest BCUT2D eigenvalue weighted by atomic mass is 35.5. The molecule has 8 heteroatoms. The Morgan fingerprint density at radius 1 is 1.36 bits per heavy atom. The van der Waals surface area contributed by atoms with Crippen molar-refractivity contribution in [2.75, 3.05) is 7.11 Å². The van der Waals surface area contributed by atoms with Crippen LogP contribution in [0.3, 0.4) is 0 Å². The number of ether oxygens (including phenoxy) is 1. The minimum Gasteiger partial charge on any atom is -0.497 e. The maximum atomic E-state index is 12.2. The summed E-state index contributed by atoms with van der Waals surface area (Å²) < 4.78 is 31.6. The third-order valence-electron chi connectivity index (χ3n) is 4.05. The summed E-state index contributed by atoms with van der Waals surface area (Å²) in [5.74, 6) is -0.409. The van der Waals surface area contributed by atoms with E-state index >= 15 is 0 Å².